The van der Waals surface area contributed by atoms with Crippen molar-refractivity contribution in [3.63, 3.8) is 0 Å². The zero-order valence-corrected chi connectivity index (χ0v) is 14.7. The topological polar surface area (TPSA) is 48.9 Å². The Bertz CT molecular complexity index is 511. The third kappa shape index (κ3) is 8.21. The maximum absolute atomic E-state index is 13.5. The third-order valence-corrected chi connectivity index (χ3v) is 3.60. The Kier molecular flexibility index (Phi) is 9.95. The minimum absolute atomic E-state index is 0.462. The zero-order valence-electron chi connectivity index (χ0n) is 14.7. The number of methoxy groups -OCH3 is 1. The lowest BCUT2D eigenvalue weighted by Gasteiger charge is -2.18. The van der Waals surface area contributed by atoms with Gasteiger partial charge in [0.05, 0.1) is 0 Å². The van der Waals surface area contributed by atoms with E-state index in [9.17, 15) is 8.78 Å². The first-order valence-electron chi connectivity index (χ1n) is 8.12. The molecule has 1 rings (SSSR count). The van der Waals surface area contributed by atoms with Gasteiger partial charge in [0.15, 0.2) is 5.96 Å². The Hall–Kier alpha value is -1.73. The largest absolute Gasteiger partial charge is 0.385 e. The molecule has 0 aromatic heterocycles. The molecule has 0 amide bonds. The monoisotopic (exact) mass is 342 g/mol. The van der Waals surface area contributed by atoms with Crippen molar-refractivity contribution in [1.82, 2.24) is 15.5 Å². The summed E-state index contributed by atoms with van der Waals surface area (Å²) in [6.07, 6.45) is 1.47. The van der Waals surface area contributed by atoms with E-state index in [4.69, 9.17) is 4.74 Å². The molecule has 0 spiro atoms. The summed E-state index contributed by atoms with van der Waals surface area (Å²) >= 11 is 0. The van der Waals surface area contributed by atoms with E-state index in [1.165, 1.54) is 12.1 Å². The van der Waals surface area contributed by atoms with E-state index in [-0.39, 0.29) is 0 Å². The van der Waals surface area contributed by atoms with Crippen molar-refractivity contribution in [2.24, 2.45) is 4.99 Å². The number of hydrogen-bond donors (Lipinski definition) is 2. The molecule has 0 radical (unpaired) electrons. The molecule has 0 saturated carbocycles. The third-order valence-electron chi connectivity index (χ3n) is 3.60. The van der Waals surface area contributed by atoms with Gasteiger partial charge in [-0.2, -0.15) is 0 Å². The number of hydrogen-bond acceptors (Lipinski definition) is 3. The van der Waals surface area contributed by atoms with Crippen LogP contribution in [-0.4, -0.2) is 64.9 Å². The number of benzene rings is 1. The number of nitrogens with zero attached hydrogens (tertiary/aromatic N) is 2. The summed E-state index contributed by atoms with van der Waals surface area (Å²) in [6.45, 7) is 3.91. The molecule has 0 unspecified atom stereocenters. The van der Waals surface area contributed by atoms with Gasteiger partial charge in [0.25, 0.3) is 0 Å². The number of rotatable bonds is 10. The Balaban J connectivity index is 2.23. The molecule has 0 aliphatic rings. The van der Waals surface area contributed by atoms with E-state index in [0.29, 0.717) is 24.5 Å². The van der Waals surface area contributed by atoms with Gasteiger partial charge in [-0.3, -0.25) is 4.99 Å². The molecule has 7 heteroatoms. The first-order chi connectivity index (χ1) is 11.6. The Morgan fingerprint density at radius 3 is 2.62 bits per heavy atom. The first kappa shape index (κ1) is 20.3. The lowest BCUT2D eigenvalue weighted by molar-refractivity contribution is 0.180. The van der Waals surface area contributed by atoms with Crippen LogP contribution in [0.2, 0.25) is 0 Å². The van der Waals surface area contributed by atoms with Gasteiger partial charge in [0, 0.05) is 53.0 Å². The molecule has 0 fully saturated rings. The molecule has 5 nitrogen and oxygen atoms in total. The minimum Gasteiger partial charge on any atom is -0.385 e. The van der Waals surface area contributed by atoms with E-state index in [1.807, 2.05) is 0 Å². The fourth-order valence-electron chi connectivity index (χ4n) is 2.22. The zero-order chi connectivity index (χ0) is 17.8. The van der Waals surface area contributed by atoms with Crippen molar-refractivity contribution < 1.29 is 13.5 Å². The van der Waals surface area contributed by atoms with E-state index >= 15 is 0 Å². The highest BCUT2D eigenvalue weighted by molar-refractivity contribution is 5.79. The van der Waals surface area contributed by atoms with Gasteiger partial charge in [-0.05, 0) is 31.5 Å². The van der Waals surface area contributed by atoms with Gasteiger partial charge in [0.1, 0.15) is 11.6 Å². The minimum atomic E-state index is -0.559. The molecule has 0 aliphatic carbocycles. The molecular weight excluding hydrogens is 314 g/mol. The molecule has 0 heterocycles. The van der Waals surface area contributed by atoms with Crippen LogP contribution in [0, 0.1) is 11.6 Å². The van der Waals surface area contributed by atoms with Crippen molar-refractivity contribution in [2.75, 3.05) is 54.0 Å². The molecular formula is C17H28F2N4O. The highest BCUT2D eigenvalue weighted by Crippen LogP contribution is 2.09. The van der Waals surface area contributed by atoms with Crippen LogP contribution in [0.3, 0.4) is 0 Å². The summed E-state index contributed by atoms with van der Waals surface area (Å²) in [7, 11) is 5.45. The maximum atomic E-state index is 13.5. The van der Waals surface area contributed by atoms with E-state index in [0.717, 1.165) is 38.7 Å². The van der Waals surface area contributed by atoms with Crippen LogP contribution in [-0.2, 0) is 11.2 Å². The van der Waals surface area contributed by atoms with Gasteiger partial charge in [-0.1, -0.05) is 6.07 Å². The summed E-state index contributed by atoms with van der Waals surface area (Å²) in [5.41, 5.74) is 0.484. The smallest absolute Gasteiger partial charge is 0.191 e. The Morgan fingerprint density at radius 1 is 1.21 bits per heavy atom. The maximum Gasteiger partial charge on any atom is 0.191 e. The average Bonchev–Trinajstić information content (AvgIpc) is 2.55. The van der Waals surface area contributed by atoms with Gasteiger partial charge in [-0.25, -0.2) is 8.78 Å². The average molecular weight is 342 g/mol. The first-order valence-corrected chi connectivity index (χ1v) is 8.12. The molecule has 0 saturated heterocycles. The predicted octanol–water partition coefficient (Wildman–Crippen LogP) is 1.64. The van der Waals surface area contributed by atoms with E-state index in [2.05, 4.69) is 27.6 Å². The fourth-order valence-corrected chi connectivity index (χ4v) is 2.22. The summed E-state index contributed by atoms with van der Waals surface area (Å²) in [6, 6.07) is 3.64. The second kappa shape index (κ2) is 11.8. The van der Waals surface area contributed by atoms with Gasteiger partial charge < -0.3 is 20.3 Å². The number of aliphatic imine (C=N–C) groups is 1. The number of nitrogens with one attached hydrogen (secondary N) is 2. The van der Waals surface area contributed by atoms with Gasteiger partial charge in [0.2, 0.25) is 0 Å². The normalized spacial score (nSPS) is 11.8. The molecule has 0 bridgehead atoms. The second-order valence-electron chi connectivity index (χ2n) is 5.56. The molecule has 2 N–H and O–H groups in total. The lowest BCUT2D eigenvalue weighted by Crippen LogP contribution is -2.41. The van der Waals surface area contributed by atoms with Crippen LogP contribution in [0.25, 0.3) is 0 Å². The Labute approximate surface area is 143 Å². The van der Waals surface area contributed by atoms with E-state index in [1.54, 1.807) is 14.2 Å². The van der Waals surface area contributed by atoms with Gasteiger partial charge in [-0.15, -0.1) is 0 Å². The summed E-state index contributed by atoms with van der Waals surface area (Å²) in [5, 5.41) is 6.34. The lowest BCUT2D eigenvalue weighted by atomic mass is 10.1. The molecule has 1 aromatic rings. The molecule has 0 aliphatic heterocycles. The highest BCUT2D eigenvalue weighted by atomic mass is 19.1. The quantitative estimate of drug-likeness (QED) is 0.386. The molecule has 24 heavy (non-hydrogen) atoms. The van der Waals surface area contributed by atoms with Gasteiger partial charge >= 0.3 is 0 Å². The van der Waals surface area contributed by atoms with Crippen molar-refractivity contribution in [1.29, 1.82) is 0 Å². The van der Waals surface area contributed by atoms with Crippen molar-refractivity contribution in [3.05, 3.63) is 35.4 Å². The summed E-state index contributed by atoms with van der Waals surface area (Å²) in [5.74, 6) is -0.406. The van der Waals surface area contributed by atoms with Crippen LogP contribution in [0.15, 0.2) is 23.2 Å². The van der Waals surface area contributed by atoms with Crippen LogP contribution in [0.5, 0.6) is 0 Å². The summed E-state index contributed by atoms with van der Waals surface area (Å²) in [4.78, 5) is 6.35. The fraction of sp³-hybridized carbons (Fsp3) is 0.588. The van der Waals surface area contributed by atoms with Crippen LogP contribution in [0.1, 0.15) is 12.0 Å². The summed E-state index contributed by atoms with van der Waals surface area (Å²) < 4.78 is 31.4. The number of guanidine groups is 1. The predicted molar refractivity (Wildman–Crippen MR) is 93.4 cm³/mol. The number of ether oxygens (including phenoxy) is 1. The van der Waals surface area contributed by atoms with Crippen LogP contribution in [0.4, 0.5) is 8.78 Å². The second-order valence-corrected chi connectivity index (χ2v) is 5.56. The van der Waals surface area contributed by atoms with Crippen LogP contribution < -0.4 is 10.6 Å². The molecule has 1 aromatic carbocycles. The molecule has 136 valence electrons. The Morgan fingerprint density at radius 2 is 1.96 bits per heavy atom. The van der Waals surface area contributed by atoms with Crippen LogP contribution >= 0.6 is 0 Å². The highest BCUT2D eigenvalue weighted by Gasteiger charge is 2.04. The SMILES string of the molecule is CN=C(NCCc1ccc(F)cc1F)NCCN(C)CCCOC. The van der Waals surface area contributed by atoms with Crippen molar-refractivity contribution in [3.8, 4) is 0 Å². The standard InChI is InChI=1S/C17H28F2N4O/c1-20-17(22-9-11-23(2)10-4-12-24-3)21-8-7-14-5-6-15(18)13-16(14)19/h5-6,13H,4,7-12H2,1-3H3,(H2,20,21,22). The number of likely N-dealkylation sites (N-methyl/N-ethyl adjacent to an activating group) is 1. The molecule has 0 atom stereocenters. The van der Waals surface area contributed by atoms with E-state index < -0.39 is 11.6 Å². The van der Waals surface area contributed by atoms with Crippen molar-refractivity contribution >= 4 is 5.96 Å². The van der Waals surface area contributed by atoms with Crippen molar-refractivity contribution in [2.45, 2.75) is 12.8 Å². The number of halogens is 2.